The van der Waals surface area contributed by atoms with Crippen LogP contribution in [-0.2, 0) is 11.2 Å². The van der Waals surface area contributed by atoms with E-state index in [1.165, 1.54) is 18.2 Å². The Hall–Kier alpha value is -2.47. The summed E-state index contributed by atoms with van der Waals surface area (Å²) in [5.41, 5.74) is 1.67. The van der Waals surface area contributed by atoms with Crippen molar-refractivity contribution in [3.63, 3.8) is 0 Å². The first-order valence-corrected chi connectivity index (χ1v) is 7.96. The van der Waals surface area contributed by atoms with Crippen LogP contribution in [0.4, 0.5) is 4.39 Å². The van der Waals surface area contributed by atoms with Gasteiger partial charge in [0.15, 0.2) is 0 Å². The van der Waals surface area contributed by atoms with Gasteiger partial charge in [0.05, 0.1) is 13.2 Å². The van der Waals surface area contributed by atoms with Gasteiger partial charge in [-0.2, -0.15) is 0 Å². The zero-order chi connectivity index (χ0) is 17.1. The molecule has 0 aliphatic carbocycles. The van der Waals surface area contributed by atoms with E-state index >= 15 is 0 Å². The number of benzene rings is 1. The van der Waals surface area contributed by atoms with E-state index < -0.39 is 0 Å². The highest BCUT2D eigenvalue weighted by molar-refractivity contribution is 5.94. The number of pyridine rings is 1. The van der Waals surface area contributed by atoms with Gasteiger partial charge in [0.1, 0.15) is 11.9 Å². The quantitative estimate of drug-likeness (QED) is 0.939. The second kappa shape index (κ2) is 6.97. The van der Waals surface area contributed by atoms with E-state index in [-0.39, 0.29) is 23.4 Å². The number of ether oxygens (including phenoxy) is 1. The van der Waals surface area contributed by atoms with Gasteiger partial charge in [-0.05, 0) is 30.2 Å². The third kappa shape index (κ3) is 3.54. The minimum atomic E-state index is -0.307. The van der Waals surface area contributed by atoms with Crippen LogP contribution in [0.3, 0.4) is 0 Å². The van der Waals surface area contributed by atoms with Gasteiger partial charge in [-0.1, -0.05) is 19.1 Å². The third-order valence-corrected chi connectivity index (χ3v) is 4.12. The molecule has 1 aliphatic heterocycles. The maximum atomic E-state index is 13.1. The van der Waals surface area contributed by atoms with Gasteiger partial charge in [-0.25, -0.2) is 4.39 Å². The van der Waals surface area contributed by atoms with E-state index in [1.54, 1.807) is 23.1 Å². The second-order valence-corrected chi connectivity index (χ2v) is 5.77. The minimum Gasteiger partial charge on any atom is -0.370 e. The number of hydrogen-bond acceptors (Lipinski definition) is 3. The molecule has 126 valence electrons. The number of morpholine rings is 1. The lowest BCUT2D eigenvalue weighted by Crippen LogP contribution is -2.42. The van der Waals surface area contributed by atoms with Crippen LogP contribution in [0.1, 0.15) is 34.6 Å². The Labute approximate surface area is 139 Å². The molecule has 0 unspecified atom stereocenters. The number of hydrogen-bond donors (Lipinski definition) is 1. The molecule has 1 amide bonds. The summed E-state index contributed by atoms with van der Waals surface area (Å²) in [6.45, 7) is 3.15. The Kier molecular flexibility index (Phi) is 4.76. The molecular weight excluding hydrogens is 311 g/mol. The molecule has 0 spiro atoms. The summed E-state index contributed by atoms with van der Waals surface area (Å²) in [6, 6.07) is 9.12. The van der Waals surface area contributed by atoms with Crippen molar-refractivity contribution in [2.24, 2.45) is 0 Å². The lowest BCUT2D eigenvalue weighted by Gasteiger charge is -2.33. The molecule has 1 saturated heterocycles. The number of aromatic nitrogens is 1. The van der Waals surface area contributed by atoms with Crippen molar-refractivity contribution in [3.8, 4) is 0 Å². The maximum Gasteiger partial charge on any atom is 0.254 e. The zero-order valence-corrected chi connectivity index (χ0v) is 13.4. The number of halogens is 1. The fourth-order valence-electron chi connectivity index (χ4n) is 2.81. The molecular formula is C18H19FN2O3. The molecule has 1 atom stereocenters. The van der Waals surface area contributed by atoms with Crippen molar-refractivity contribution in [2.45, 2.75) is 19.4 Å². The highest BCUT2D eigenvalue weighted by Gasteiger charge is 2.26. The lowest BCUT2D eigenvalue weighted by molar-refractivity contribution is -0.0228. The Bertz CT molecular complexity index is 786. The van der Waals surface area contributed by atoms with Gasteiger partial charge >= 0.3 is 0 Å². The number of carbonyl (C=O) groups excluding carboxylic acids is 1. The highest BCUT2D eigenvalue weighted by atomic mass is 19.1. The summed E-state index contributed by atoms with van der Waals surface area (Å²) in [5, 5.41) is 0. The van der Waals surface area contributed by atoms with E-state index in [2.05, 4.69) is 4.98 Å². The van der Waals surface area contributed by atoms with Crippen LogP contribution < -0.4 is 5.56 Å². The normalized spacial score (nSPS) is 17.8. The topological polar surface area (TPSA) is 62.4 Å². The van der Waals surface area contributed by atoms with Gasteiger partial charge in [-0.3, -0.25) is 9.59 Å². The molecule has 2 heterocycles. The predicted octanol–water partition coefficient (Wildman–Crippen LogP) is 2.29. The van der Waals surface area contributed by atoms with Gasteiger partial charge < -0.3 is 14.6 Å². The smallest absolute Gasteiger partial charge is 0.254 e. The molecule has 3 rings (SSSR count). The number of nitrogens with one attached hydrogen (secondary N) is 1. The summed E-state index contributed by atoms with van der Waals surface area (Å²) in [5.74, 6) is -0.496. The molecule has 0 saturated carbocycles. The first-order valence-electron chi connectivity index (χ1n) is 7.96. The van der Waals surface area contributed by atoms with Crippen molar-refractivity contribution < 1.29 is 13.9 Å². The van der Waals surface area contributed by atoms with Crippen LogP contribution in [0.5, 0.6) is 0 Å². The largest absolute Gasteiger partial charge is 0.370 e. The molecule has 1 aromatic carbocycles. The van der Waals surface area contributed by atoms with Crippen LogP contribution in [-0.4, -0.2) is 35.5 Å². The van der Waals surface area contributed by atoms with Crippen LogP contribution in [0.2, 0.25) is 0 Å². The van der Waals surface area contributed by atoms with Crippen molar-refractivity contribution in [1.82, 2.24) is 9.88 Å². The standard InChI is InChI=1S/C18H19FN2O3/c1-2-15-9-13(10-17(22)20-15)18(23)21-7-8-24-16(11-21)12-3-5-14(19)6-4-12/h3-6,9-10,16H,2,7-8,11H2,1H3,(H,20,22)/t16-/m0/s1. The molecule has 1 aromatic heterocycles. The van der Waals surface area contributed by atoms with Gasteiger partial charge in [0.25, 0.3) is 5.91 Å². The van der Waals surface area contributed by atoms with E-state index in [9.17, 15) is 14.0 Å². The molecule has 0 bridgehead atoms. The Morgan fingerprint density at radius 3 is 2.79 bits per heavy atom. The highest BCUT2D eigenvalue weighted by Crippen LogP contribution is 2.23. The molecule has 0 radical (unpaired) electrons. The third-order valence-electron chi connectivity index (χ3n) is 4.12. The maximum absolute atomic E-state index is 13.1. The molecule has 5 nitrogen and oxygen atoms in total. The number of H-pyrrole nitrogens is 1. The van der Waals surface area contributed by atoms with Crippen molar-refractivity contribution in [2.75, 3.05) is 19.7 Å². The van der Waals surface area contributed by atoms with Gasteiger partial charge in [-0.15, -0.1) is 0 Å². The summed E-state index contributed by atoms with van der Waals surface area (Å²) >= 11 is 0. The number of carbonyl (C=O) groups is 1. The fraction of sp³-hybridized carbons (Fsp3) is 0.333. The van der Waals surface area contributed by atoms with Gasteiger partial charge in [0.2, 0.25) is 5.56 Å². The number of aryl methyl sites for hydroxylation is 1. The molecule has 2 aromatic rings. The Morgan fingerprint density at radius 2 is 2.08 bits per heavy atom. The van der Waals surface area contributed by atoms with Gasteiger partial charge in [0, 0.05) is 23.9 Å². The SMILES string of the molecule is CCc1cc(C(=O)N2CCO[C@H](c3ccc(F)cc3)C2)cc(=O)[nH]1. The second-order valence-electron chi connectivity index (χ2n) is 5.77. The first-order chi connectivity index (χ1) is 11.6. The van der Waals surface area contributed by atoms with Crippen LogP contribution >= 0.6 is 0 Å². The van der Waals surface area contributed by atoms with E-state index in [4.69, 9.17) is 4.74 Å². The minimum absolute atomic E-state index is 0.189. The van der Waals surface area contributed by atoms with Crippen LogP contribution in [0.25, 0.3) is 0 Å². The Morgan fingerprint density at radius 1 is 1.33 bits per heavy atom. The first kappa shape index (κ1) is 16.4. The predicted molar refractivity (Wildman–Crippen MR) is 87.4 cm³/mol. The summed E-state index contributed by atoms with van der Waals surface area (Å²) in [6.07, 6.45) is 0.355. The van der Waals surface area contributed by atoms with Crippen molar-refractivity contribution in [3.05, 3.63) is 69.4 Å². The average Bonchev–Trinajstić information content (AvgIpc) is 2.61. The number of rotatable bonds is 3. The van der Waals surface area contributed by atoms with Crippen molar-refractivity contribution in [1.29, 1.82) is 0 Å². The van der Waals surface area contributed by atoms with E-state index in [1.807, 2.05) is 6.92 Å². The van der Waals surface area contributed by atoms with Crippen LogP contribution in [0.15, 0.2) is 41.2 Å². The zero-order valence-electron chi connectivity index (χ0n) is 13.4. The van der Waals surface area contributed by atoms with E-state index in [0.29, 0.717) is 31.7 Å². The molecule has 1 N–H and O–H groups in total. The summed E-state index contributed by atoms with van der Waals surface area (Å²) in [7, 11) is 0. The number of aromatic amines is 1. The Balaban J connectivity index is 1.79. The van der Waals surface area contributed by atoms with Crippen molar-refractivity contribution >= 4 is 5.91 Å². The molecule has 24 heavy (non-hydrogen) atoms. The van der Waals surface area contributed by atoms with Crippen LogP contribution in [0, 0.1) is 5.82 Å². The summed E-state index contributed by atoms with van der Waals surface area (Å²) < 4.78 is 18.8. The monoisotopic (exact) mass is 330 g/mol. The lowest BCUT2D eigenvalue weighted by atomic mass is 10.1. The van der Waals surface area contributed by atoms with E-state index in [0.717, 1.165) is 11.3 Å². The fourth-order valence-corrected chi connectivity index (χ4v) is 2.81. The number of nitrogens with zero attached hydrogens (tertiary/aromatic N) is 1. The summed E-state index contributed by atoms with van der Waals surface area (Å²) in [4.78, 5) is 28.8. The average molecular weight is 330 g/mol. The molecule has 1 aliphatic rings. The molecule has 6 heteroatoms. The molecule has 1 fully saturated rings. The number of amides is 1.